The number of fused-ring (bicyclic) bond motifs is 1. The van der Waals surface area contributed by atoms with Crippen LogP contribution in [0.3, 0.4) is 0 Å². The number of amides is 3. The van der Waals surface area contributed by atoms with Crippen molar-refractivity contribution < 1.29 is 34.5 Å². The highest BCUT2D eigenvalue weighted by Crippen LogP contribution is 2.19. The number of phenols is 1. The predicted molar refractivity (Wildman–Crippen MR) is 159 cm³/mol. The summed E-state index contributed by atoms with van der Waals surface area (Å²) in [5, 5.41) is 37.3. The van der Waals surface area contributed by atoms with Gasteiger partial charge in [-0.05, 0) is 42.7 Å². The van der Waals surface area contributed by atoms with Crippen LogP contribution in [-0.4, -0.2) is 84.2 Å². The second kappa shape index (κ2) is 14.3. The van der Waals surface area contributed by atoms with Crippen molar-refractivity contribution in [1.82, 2.24) is 30.9 Å². The van der Waals surface area contributed by atoms with Crippen LogP contribution >= 0.6 is 0 Å². The number of aliphatic hydroxyl groups excluding tert-OH is 1. The number of imidazole rings is 1. The van der Waals surface area contributed by atoms with Gasteiger partial charge in [-0.3, -0.25) is 14.4 Å². The standard InChI is InChI=1S/C30H35N7O7/c1-16(38)26(30(43)44)37-29(42)25(12-19-14-32-15-34-19)36-28(41)24(11-18-13-33-23-5-3-2-4-21(18)23)35-27(40)22(31)10-17-6-8-20(39)9-7-17/h2-9,13-16,22,24-26,33,38-39H,10-12,31H2,1H3,(H,32,34)(H,35,40)(H,36,41)(H,37,42)(H,43,44). The first-order valence-electron chi connectivity index (χ1n) is 13.9. The molecule has 14 nitrogen and oxygen atoms in total. The third-order valence-electron chi connectivity index (χ3n) is 7.12. The number of aromatic hydroxyl groups is 1. The molecule has 5 unspecified atom stereocenters. The van der Waals surface area contributed by atoms with Crippen LogP contribution in [-0.2, 0) is 38.4 Å². The largest absolute Gasteiger partial charge is 0.508 e. The van der Waals surface area contributed by atoms with E-state index in [9.17, 15) is 34.5 Å². The van der Waals surface area contributed by atoms with E-state index in [1.54, 1.807) is 18.3 Å². The van der Waals surface area contributed by atoms with E-state index < -0.39 is 54.0 Å². The number of aliphatic carboxylic acids is 1. The highest BCUT2D eigenvalue weighted by atomic mass is 16.4. The molecule has 2 aromatic heterocycles. The Morgan fingerprint density at radius 1 is 0.886 bits per heavy atom. The molecule has 0 aliphatic carbocycles. The normalized spacial score (nSPS) is 14.6. The summed E-state index contributed by atoms with van der Waals surface area (Å²) in [5.41, 5.74) is 8.91. The summed E-state index contributed by atoms with van der Waals surface area (Å²) in [5.74, 6) is -3.58. The number of carboxylic acid groups (broad SMARTS) is 1. The maximum atomic E-state index is 13.8. The molecule has 0 spiro atoms. The Bertz CT molecular complexity index is 1580. The molecule has 0 aliphatic heterocycles. The monoisotopic (exact) mass is 605 g/mol. The Morgan fingerprint density at radius 2 is 1.55 bits per heavy atom. The van der Waals surface area contributed by atoms with E-state index in [2.05, 4.69) is 30.9 Å². The second-order valence-corrected chi connectivity index (χ2v) is 10.5. The minimum Gasteiger partial charge on any atom is -0.508 e. The van der Waals surface area contributed by atoms with Gasteiger partial charge in [-0.25, -0.2) is 9.78 Å². The summed E-state index contributed by atoms with van der Waals surface area (Å²) in [4.78, 5) is 61.8. The number of H-pyrrole nitrogens is 2. The lowest BCUT2D eigenvalue weighted by atomic mass is 10.0. The number of carbonyl (C=O) groups is 4. The molecule has 4 aromatic rings. The van der Waals surface area contributed by atoms with Gasteiger partial charge in [0, 0.05) is 41.8 Å². The molecule has 3 amide bonds. The van der Waals surface area contributed by atoms with Crippen molar-refractivity contribution in [3.05, 3.63) is 84.1 Å². The number of benzene rings is 2. The minimum atomic E-state index is -1.62. The van der Waals surface area contributed by atoms with Crippen molar-refractivity contribution in [2.24, 2.45) is 5.73 Å². The van der Waals surface area contributed by atoms with Crippen LogP contribution in [0.2, 0.25) is 0 Å². The Hall–Kier alpha value is -5.21. The number of phenolic OH excluding ortho intramolecular Hbond substituents is 1. The van der Waals surface area contributed by atoms with Crippen molar-refractivity contribution in [3.8, 4) is 5.75 Å². The number of rotatable bonds is 14. The van der Waals surface area contributed by atoms with Crippen molar-refractivity contribution >= 4 is 34.6 Å². The molecule has 4 rings (SSSR count). The van der Waals surface area contributed by atoms with Gasteiger partial charge >= 0.3 is 5.97 Å². The summed E-state index contributed by atoms with van der Waals surface area (Å²) in [6, 6.07) is 8.51. The Labute approximate surface area is 252 Å². The fourth-order valence-corrected chi connectivity index (χ4v) is 4.73. The summed E-state index contributed by atoms with van der Waals surface area (Å²) in [6.45, 7) is 1.22. The van der Waals surface area contributed by atoms with E-state index in [0.29, 0.717) is 11.3 Å². The summed E-state index contributed by atoms with van der Waals surface area (Å²) < 4.78 is 0. The first kappa shape index (κ1) is 31.7. The van der Waals surface area contributed by atoms with E-state index in [0.717, 1.165) is 16.5 Å². The summed E-state index contributed by atoms with van der Waals surface area (Å²) in [6.07, 6.45) is 3.23. The molecule has 0 saturated heterocycles. The zero-order valence-electron chi connectivity index (χ0n) is 23.9. The van der Waals surface area contributed by atoms with Gasteiger partial charge in [0.15, 0.2) is 6.04 Å². The van der Waals surface area contributed by atoms with E-state index >= 15 is 0 Å². The van der Waals surface area contributed by atoms with Gasteiger partial charge < -0.3 is 47.0 Å². The van der Waals surface area contributed by atoms with Crippen LogP contribution in [0.5, 0.6) is 5.75 Å². The topological polar surface area (TPSA) is 236 Å². The maximum absolute atomic E-state index is 13.8. The lowest BCUT2D eigenvalue weighted by Gasteiger charge is -2.25. The maximum Gasteiger partial charge on any atom is 0.328 e. The molecule has 44 heavy (non-hydrogen) atoms. The molecule has 14 heteroatoms. The number of aliphatic hydroxyl groups is 1. The molecule has 0 aliphatic rings. The molecule has 10 N–H and O–H groups in total. The average molecular weight is 606 g/mol. The van der Waals surface area contributed by atoms with Crippen LogP contribution in [0, 0.1) is 0 Å². The van der Waals surface area contributed by atoms with Gasteiger partial charge in [0.25, 0.3) is 0 Å². The molecule has 0 fully saturated rings. The number of carboxylic acids is 1. The van der Waals surface area contributed by atoms with Crippen molar-refractivity contribution in [1.29, 1.82) is 0 Å². The molecule has 232 valence electrons. The Balaban J connectivity index is 1.57. The number of nitrogens with zero attached hydrogens (tertiary/aromatic N) is 1. The molecule has 0 radical (unpaired) electrons. The molecule has 5 atom stereocenters. The number of para-hydroxylation sites is 1. The number of hydrogen-bond donors (Lipinski definition) is 9. The third-order valence-corrected chi connectivity index (χ3v) is 7.12. The van der Waals surface area contributed by atoms with E-state index in [-0.39, 0.29) is 25.0 Å². The van der Waals surface area contributed by atoms with Gasteiger partial charge in [0.05, 0.1) is 18.5 Å². The fraction of sp³-hybridized carbons (Fsp3) is 0.300. The van der Waals surface area contributed by atoms with Crippen LogP contribution < -0.4 is 21.7 Å². The third kappa shape index (κ3) is 8.20. The van der Waals surface area contributed by atoms with Gasteiger partial charge in [-0.15, -0.1) is 0 Å². The van der Waals surface area contributed by atoms with Gasteiger partial charge in [-0.1, -0.05) is 30.3 Å². The SMILES string of the molecule is CC(O)C(NC(=O)C(Cc1cnc[nH]1)NC(=O)C(Cc1c[nH]c2ccccc12)NC(=O)C(N)Cc1ccc(O)cc1)C(=O)O. The zero-order valence-corrected chi connectivity index (χ0v) is 23.9. The van der Waals surface area contributed by atoms with Crippen molar-refractivity contribution in [3.63, 3.8) is 0 Å². The lowest BCUT2D eigenvalue weighted by molar-refractivity contribution is -0.145. The van der Waals surface area contributed by atoms with Gasteiger partial charge in [0.2, 0.25) is 17.7 Å². The van der Waals surface area contributed by atoms with Crippen LogP contribution in [0.1, 0.15) is 23.7 Å². The first-order chi connectivity index (χ1) is 21.0. The molecule has 0 bridgehead atoms. The second-order valence-electron chi connectivity index (χ2n) is 10.5. The number of aromatic nitrogens is 3. The van der Waals surface area contributed by atoms with Crippen LogP contribution in [0.4, 0.5) is 0 Å². The smallest absolute Gasteiger partial charge is 0.328 e. The van der Waals surface area contributed by atoms with Crippen molar-refractivity contribution in [2.75, 3.05) is 0 Å². The molecule has 2 heterocycles. The highest BCUT2D eigenvalue weighted by molar-refractivity contribution is 5.95. The summed E-state index contributed by atoms with van der Waals surface area (Å²) in [7, 11) is 0. The molecule has 0 saturated carbocycles. The Morgan fingerprint density at radius 3 is 2.20 bits per heavy atom. The number of hydrogen-bond acceptors (Lipinski definition) is 8. The number of nitrogens with one attached hydrogen (secondary N) is 5. The van der Waals surface area contributed by atoms with Crippen LogP contribution in [0.25, 0.3) is 10.9 Å². The summed E-state index contributed by atoms with van der Waals surface area (Å²) >= 11 is 0. The molecule has 2 aromatic carbocycles. The zero-order chi connectivity index (χ0) is 31.8. The van der Waals surface area contributed by atoms with Gasteiger partial charge in [-0.2, -0.15) is 0 Å². The Kier molecular flexibility index (Phi) is 10.3. The number of aromatic amines is 2. The van der Waals surface area contributed by atoms with E-state index in [1.807, 2.05) is 24.3 Å². The highest BCUT2D eigenvalue weighted by Gasteiger charge is 2.32. The van der Waals surface area contributed by atoms with Crippen molar-refractivity contribution in [2.45, 2.75) is 56.5 Å². The number of nitrogens with two attached hydrogens (primary N) is 1. The van der Waals surface area contributed by atoms with E-state index in [4.69, 9.17) is 5.73 Å². The van der Waals surface area contributed by atoms with E-state index in [1.165, 1.54) is 31.6 Å². The quantitative estimate of drug-likeness (QED) is 0.0929. The molecular formula is C30H35N7O7. The average Bonchev–Trinajstić information content (AvgIpc) is 3.66. The predicted octanol–water partition coefficient (Wildman–Crippen LogP) is -0.128. The number of carbonyl (C=O) groups excluding carboxylic acids is 3. The fourth-order valence-electron chi connectivity index (χ4n) is 4.73. The van der Waals surface area contributed by atoms with Gasteiger partial charge in [0.1, 0.15) is 17.8 Å². The minimum absolute atomic E-state index is 0.0390. The molecular weight excluding hydrogens is 570 g/mol. The van der Waals surface area contributed by atoms with Crippen LogP contribution in [0.15, 0.2) is 67.3 Å². The lowest BCUT2D eigenvalue weighted by Crippen LogP contribution is -2.59. The first-order valence-corrected chi connectivity index (χ1v) is 13.9.